The van der Waals surface area contributed by atoms with Gasteiger partial charge < -0.3 is 4.90 Å². The van der Waals surface area contributed by atoms with Crippen molar-refractivity contribution < 1.29 is 17.6 Å². The van der Waals surface area contributed by atoms with Gasteiger partial charge in [-0.15, -0.1) is 11.3 Å². The second kappa shape index (κ2) is 8.74. The molecule has 1 aromatic carbocycles. The summed E-state index contributed by atoms with van der Waals surface area (Å²) in [4.78, 5) is 18.3. The van der Waals surface area contributed by atoms with Crippen LogP contribution in [0.3, 0.4) is 0 Å². The molecule has 2 aliphatic heterocycles. The molecule has 6 nitrogen and oxygen atoms in total. The quantitative estimate of drug-likeness (QED) is 0.716. The van der Waals surface area contributed by atoms with Crippen LogP contribution < -0.4 is 0 Å². The Bertz CT molecular complexity index is 1020. The lowest BCUT2D eigenvalue weighted by molar-refractivity contribution is -0.132. The summed E-state index contributed by atoms with van der Waals surface area (Å²) in [5.41, 5.74) is 1.99. The SMILES string of the molecule is CS(=O)(=O)N1CCCN(C(=O)CN2CCc3sccc3C2c2cccc(F)c2)CC1. The van der Waals surface area contributed by atoms with Gasteiger partial charge in [-0.25, -0.2) is 17.1 Å². The van der Waals surface area contributed by atoms with Gasteiger partial charge in [0.2, 0.25) is 15.9 Å². The first-order chi connectivity index (χ1) is 14.3. The highest BCUT2D eigenvalue weighted by Crippen LogP contribution is 2.37. The van der Waals surface area contributed by atoms with Crippen LogP contribution in [0.2, 0.25) is 0 Å². The molecular formula is C21H26FN3O3S2. The number of hydrogen-bond acceptors (Lipinski definition) is 5. The van der Waals surface area contributed by atoms with Crippen LogP contribution in [0.15, 0.2) is 35.7 Å². The first-order valence-electron chi connectivity index (χ1n) is 10.1. The maximum atomic E-state index is 13.9. The van der Waals surface area contributed by atoms with E-state index in [1.807, 2.05) is 6.07 Å². The molecular weight excluding hydrogens is 425 g/mol. The Balaban J connectivity index is 1.52. The Hall–Kier alpha value is -1.81. The van der Waals surface area contributed by atoms with Crippen LogP contribution in [-0.4, -0.2) is 74.0 Å². The Morgan fingerprint density at radius 1 is 1.17 bits per heavy atom. The molecule has 2 aliphatic rings. The highest BCUT2D eigenvalue weighted by molar-refractivity contribution is 7.88. The maximum Gasteiger partial charge on any atom is 0.236 e. The van der Waals surface area contributed by atoms with Gasteiger partial charge in [-0.05, 0) is 47.5 Å². The molecule has 0 saturated carbocycles. The fourth-order valence-electron chi connectivity index (χ4n) is 4.35. The lowest BCUT2D eigenvalue weighted by atomic mass is 9.93. The normalized spacial score (nSPS) is 21.3. The molecule has 1 fully saturated rings. The fourth-order valence-corrected chi connectivity index (χ4v) is 6.13. The third-order valence-corrected chi connectivity index (χ3v) is 8.14. The Kier molecular flexibility index (Phi) is 6.24. The molecule has 1 saturated heterocycles. The number of fused-ring (bicyclic) bond motifs is 1. The molecule has 1 aromatic heterocycles. The summed E-state index contributed by atoms with van der Waals surface area (Å²) in [6, 6.07) is 8.51. The molecule has 30 heavy (non-hydrogen) atoms. The zero-order chi connectivity index (χ0) is 21.3. The molecule has 3 heterocycles. The standard InChI is InChI=1S/C21H26FN3O3S2/c1-30(27,28)25-9-3-8-23(11-12-25)20(26)15-24-10-6-19-18(7-13-29-19)21(24)16-4-2-5-17(22)14-16/h2,4-5,7,13-14,21H,3,6,8-12,15H2,1H3. The Morgan fingerprint density at radius 2 is 2.00 bits per heavy atom. The molecule has 4 rings (SSSR count). The molecule has 162 valence electrons. The van der Waals surface area contributed by atoms with Gasteiger partial charge >= 0.3 is 0 Å². The van der Waals surface area contributed by atoms with E-state index >= 15 is 0 Å². The summed E-state index contributed by atoms with van der Waals surface area (Å²) in [6.07, 6.45) is 2.70. The third kappa shape index (κ3) is 4.59. The van der Waals surface area contributed by atoms with Crippen molar-refractivity contribution in [1.29, 1.82) is 0 Å². The third-order valence-electron chi connectivity index (χ3n) is 5.85. The molecule has 9 heteroatoms. The van der Waals surface area contributed by atoms with Crippen molar-refractivity contribution in [1.82, 2.24) is 14.1 Å². The predicted octanol–water partition coefficient (Wildman–Crippen LogP) is 2.33. The second-order valence-corrected chi connectivity index (χ2v) is 10.9. The molecule has 1 amide bonds. The van der Waals surface area contributed by atoms with Crippen molar-refractivity contribution in [3.63, 3.8) is 0 Å². The van der Waals surface area contributed by atoms with E-state index in [0.717, 1.165) is 24.1 Å². The molecule has 0 bridgehead atoms. The van der Waals surface area contributed by atoms with E-state index in [-0.39, 0.29) is 24.3 Å². The van der Waals surface area contributed by atoms with Crippen LogP contribution in [0.25, 0.3) is 0 Å². The number of benzene rings is 1. The summed E-state index contributed by atoms with van der Waals surface area (Å²) in [5.74, 6) is -0.292. The smallest absolute Gasteiger partial charge is 0.236 e. The van der Waals surface area contributed by atoms with Crippen LogP contribution in [0, 0.1) is 5.82 Å². The van der Waals surface area contributed by atoms with Crippen molar-refractivity contribution >= 4 is 27.3 Å². The van der Waals surface area contributed by atoms with Crippen LogP contribution in [0.5, 0.6) is 0 Å². The van der Waals surface area contributed by atoms with Gasteiger partial charge in [0.1, 0.15) is 5.82 Å². The van der Waals surface area contributed by atoms with E-state index in [4.69, 9.17) is 0 Å². The number of carbonyl (C=O) groups is 1. The van der Waals surface area contributed by atoms with Gasteiger partial charge in [-0.3, -0.25) is 9.69 Å². The minimum atomic E-state index is -3.25. The fraction of sp³-hybridized carbons (Fsp3) is 0.476. The van der Waals surface area contributed by atoms with Crippen molar-refractivity contribution in [2.75, 3.05) is 45.5 Å². The van der Waals surface area contributed by atoms with E-state index in [9.17, 15) is 17.6 Å². The average Bonchev–Trinajstić information content (AvgIpc) is 3.01. The number of thiophene rings is 1. The molecule has 0 spiro atoms. The molecule has 2 aromatic rings. The van der Waals surface area contributed by atoms with Crippen LogP contribution in [0.1, 0.15) is 28.5 Å². The lowest BCUT2D eigenvalue weighted by Gasteiger charge is -2.37. The number of hydrogen-bond donors (Lipinski definition) is 0. The minimum absolute atomic E-state index is 0.00886. The predicted molar refractivity (Wildman–Crippen MR) is 115 cm³/mol. The largest absolute Gasteiger partial charge is 0.340 e. The van der Waals surface area contributed by atoms with Crippen molar-refractivity contribution in [2.24, 2.45) is 0 Å². The summed E-state index contributed by atoms with van der Waals surface area (Å²) in [5, 5.41) is 2.05. The van der Waals surface area contributed by atoms with Gasteiger partial charge in [0.15, 0.2) is 0 Å². The molecule has 0 N–H and O–H groups in total. The van der Waals surface area contributed by atoms with Gasteiger partial charge in [0.05, 0.1) is 18.8 Å². The number of rotatable bonds is 4. The van der Waals surface area contributed by atoms with E-state index in [1.54, 1.807) is 28.4 Å². The van der Waals surface area contributed by atoms with Gasteiger partial charge in [-0.1, -0.05) is 12.1 Å². The summed E-state index contributed by atoms with van der Waals surface area (Å²) < 4.78 is 39.0. The van der Waals surface area contributed by atoms with Gasteiger partial charge in [0.25, 0.3) is 0 Å². The first kappa shape index (κ1) is 21.4. The van der Waals surface area contributed by atoms with Crippen LogP contribution in [-0.2, 0) is 21.2 Å². The molecule has 0 aliphatic carbocycles. The topological polar surface area (TPSA) is 60.9 Å². The van der Waals surface area contributed by atoms with E-state index in [0.29, 0.717) is 32.6 Å². The van der Waals surface area contributed by atoms with E-state index in [1.165, 1.54) is 21.5 Å². The summed E-state index contributed by atoms with van der Waals surface area (Å²) >= 11 is 1.70. The first-order valence-corrected chi connectivity index (χ1v) is 12.8. The lowest BCUT2D eigenvalue weighted by Crippen LogP contribution is -2.45. The number of sulfonamides is 1. The van der Waals surface area contributed by atoms with Gasteiger partial charge in [0, 0.05) is 37.6 Å². The highest BCUT2D eigenvalue weighted by atomic mass is 32.2. The van der Waals surface area contributed by atoms with Crippen LogP contribution in [0.4, 0.5) is 4.39 Å². The Morgan fingerprint density at radius 3 is 2.77 bits per heavy atom. The number of halogens is 1. The molecule has 1 atom stereocenters. The second-order valence-electron chi connectivity index (χ2n) is 7.87. The van der Waals surface area contributed by atoms with E-state index < -0.39 is 10.0 Å². The maximum absolute atomic E-state index is 13.9. The molecule has 1 unspecified atom stereocenters. The summed E-state index contributed by atoms with van der Waals surface area (Å²) in [7, 11) is -3.25. The van der Waals surface area contributed by atoms with Gasteiger partial charge in [-0.2, -0.15) is 0 Å². The monoisotopic (exact) mass is 451 g/mol. The number of carbonyl (C=O) groups excluding carboxylic acids is 1. The Labute approximate surface area is 180 Å². The van der Waals surface area contributed by atoms with Crippen molar-refractivity contribution in [3.05, 3.63) is 57.5 Å². The van der Waals surface area contributed by atoms with Crippen molar-refractivity contribution in [2.45, 2.75) is 18.9 Å². The minimum Gasteiger partial charge on any atom is -0.340 e. The zero-order valence-electron chi connectivity index (χ0n) is 17.0. The number of nitrogens with zero attached hydrogens (tertiary/aromatic N) is 3. The highest BCUT2D eigenvalue weighted by Gasteiger charge is 2.32. The average molecular weight is 452 g/mol. The van der Waals surface area contributed by atoms with E-state index in [2.05, 4.69) is 16.3 Å². The summed E-state index contributed by atoms with van der Waals surface area (Å²) in [6.45, 7) is 2.67. The molecule has 0 radical (unpaired) electrons. The zero-order valence-corrected chi connectivity index (χ0v) is 18.6. The van der Waals surface area contributed by atoms with Crippen molar-refractivity contribution in [3.8, 4) is 0 Å². The van der Waals surface area contributed by atoms with Crippen LogP contribution >= 0.6 is 11.3 Å². The number of amides is 1.